The number of hydrogen-bond acceptors (Lipinski definition) is 4. The highest BCUT2D eigenvalue weighted by atomic mass is 16.5. The predicted octanol–water partition coefficient (Wildman–Crippen LogP) is -0.346. The van der Waals surface area contributed by atoms with Crippen LogP contribution >= 0.6 is 0 Å². The summed E-state index contributed by atoms with van der Waals surface area (Å²) in [5.74, 6) is -0.729. The lowest BCUT2D eigenvalue weighted by molar-refractivity contribution is -0.192. The van der Waals surface area contributed by atoms with Gasteiger partial charge in [-0.1, -0.05) is 0 Å². The molecular weight excluding hydrogens is 186 g/mol. The average Bonchev–Trinajstić information content (AvgIpc) is 2.14. The molecule has 0 spiro atoms. The summed E-state index contributed by atoms with van der Waals surface area (Å²) >= 11 is 0. The largest absolute Gasteiger partial charge is 0.468 e. The molecule has 0 unspecified atom stereocenters. The van der Waals surface area contributed by atoms with E-state index in [2.05, 4.69) is 4.74 Å². The van der Waals surface area contributed by atoms with Crippen LogP contribution < -0.4 is 0 Å². The summed E-state index contributed by atoms with van der Waals surface area (Å²) in [7, 11) is 2.94. The highest BCUT2D eigenvalue weighted by molar-refractivity contribution is 6.03. The van der Waals surface area contributed by atoms with Gasteiger partial charge in [-0.25, -0.2) is 0 Å². The Labute approximate surface area is 83.0 Å². The van der Waals surface area contributed by atoms with E-state index in [1.807, 2.05) is 6.92 Å². The molecule has 80 valence electrons. The number of amides is 1. The van der Waals surface area contributed by atoms with Crippen molar-refractivity contribution in [3.05, 3.63) is 0 Å². The Bertz CT molecular complexity index is 247. The van der Waals surface area contributed by atoms with Gasteiger partial charge in [-0.2, -0.15) is 0 Å². The SMILES string of the molecule is CCN(C)C(=O)C1(C(=O)OC)COC1. The van der Waals surface area contributed by atoms with E-state index in [4.69, 9.17) is 4.74 Å². The van der Waals surface area contributed by atoms with Crippen molar-refractivity contribution in [2.24, 2.45) is 5.41 Å². The number of ether oxygens (including phenoxy) is 2. The van der Waals surface area contributed by atoms with Gasteiger partial charge in [-0.3, -0.25) is 9.59 Å². The Morgan fingerprint density at radius 2 is 2.07 bits per heavy atom. The summed E-state index contributed by atoms with van der Waals surface area (Å²) in [6.45, 7) is 2.67. The van der Waals surface area contributed by atoms with E-state index >= 15 is 0 Å². The second-order valence-electron chi connectivity index (χ2n) is 3.39. The standard InChI is InChI=1S/C9H15NO4/c1-4-10(2)7(11)9(5-14-6-9)8(12)13-3/h4-6H2,1-3H3. The van der Waals surface area contributed by atoms with Crippen LogP contribution in [0.1, 0.15) is 6.92 Å². The normalized spacial score (nSPS) is 18.2. The molecule has 14 heavy (non-hydrogen) atoms. The molecular formula is C9H15NO4. The van der Waals surface area contributed by atoms with Crippen molar-refractivity contribution < 1.29 is 19.1 Å². The lowest BCUT2D eigenvalue weighted by atomic mass is 9.84. The smallest absolute Gasteiger partial charge is 0.326 e. The quantitative estimate of drug-likeness (QED) is 0.463. The number of hydrogen-bond donors (Lipinski definition) is 0. The van der Waals surface area contributed by atoms with Gasteiger partial charge in [0.05, 0.1) is 20.3 Å². The van der Waals surface area contributed by atoms with Gasteiger partial charge >= 0.3 is 5.97 Å². The fraction of sp³-hybridized carbons (Fsp3) is 0.778. The second kappa shape index (κ2) is 3.96. The van der Waals surface area contributed by atoms with E-state index in [1.165, 1.54) is 12.0 Å². The number of methoxy groups -OCH3 is 1. The van der Waals surface area contributed by atoms with Crippen LogP contribution in [0.5, 0.6) is 0 Å². The molecule has 0 aromatic heterocycles. The topological polar surface area (TPSA) is 55.8 Å². The molecule has 0 radical (unpaired) electrons. The number of rotatable bonds is 3. The van der Waals surface area contributed by atoms with Crippen LogP contribution in [0, 0.1) is 5.41 Å². The first-order valence-electron chi connectivity index (χ1n) is 4.50. The minimum absolute atomic E-state index is 0.128. The molecule has 0 N–H and O–H groups in total. The molecule has 1 amide bonds. The third-order valence-corrected chi connectivity index (χ3v) is 2.50. The summed E-state index contributed by atoms with van der Waals surface area (Å²) in [5, 5.41) is 0. The van der Waals surface area contributed by atoms with Gasteiger partial charge in [0.25, 0.3) is 0 Å². The van der Waals surface area contributed by atoms with E-state index in [0.29, 0.717) is 6.54 Å². The zero-order chi connectivity index (χ0) is 10.8. The third-order valence-electron chi connectivity index (χ3n) is 2.50. The van der Waals surface area contributed by atoms with Gasteiger partial charge in [0, 0.05) is 13.6 Å². The molecule has 0 bridgehead atoms. The van der Waals surface area contributed by atoms with Crippen molar-refractivity contribution in [2.45, 2.75) is 6.92 Å². The number of carbonyl (C=O) groups excluding carboxylic acids is 2. The number of nitrogens with zero attached hydrogens (tertiary/aromatic N) is 1. The Balaban J connectivity index is 2.80. The molecule has 1 aliphatic heterocycles. The van der Waals surface area contributed by atoms with Crippen molar-refractivity contribution in [1.82, 2.24) is 4.90 Å². The molecule has 0 aromatic carbocycles. The van der Waals surface area contributed by atoms with Crippen LogP contribution in [-0.4, -0.2) is 50.7 Å². The van der Waals surface area contributed by atoms with E-state index < -0.39 is 11.4 Å². The average molecular weight is 201 g/mol. The van der Waals surface area contributed by atoms with Crippen molar-refractivity contribution in [3.63, 3.8) is 0 Å². The minimum atomic E-state index is -1.08. The lowest BCUT2D eigenvalue weighted by Crippen LogP contribution is -2.59. The first-order chi connectivity index (χ1) is 6.58. The van der Waals surface area contributed by atoms with Crippen molar-refractivity contribution in [2.75, 3.05) is 33.9 Å². The van der Waals surface area contributed by atoms with Gasteiger partial charge in [0.15, 0.2) is 5.41 Å². The van der Waals surface area contributed by atoms with E-state index in [0.717, 1.165) is 0 Å². The summed E-state index contributed by atoms with van der Waals surface area (Å²) in [4.78, 5) is 24.8. The van der Waals surface area contributed by atoms with Gasteiger partial charge in [0.1, 0.15) is 0 Å². The predicted molar refractivity (Wildman–Crippen MR) is 48.6 cm³/mol. The van der Waals surface area contributed by atoms with Crippen LogP contribution in [-0.2, 0) is 19.1 Å². The molecule has 0 aliphatic carbocycles. The molecule has 1 fully saturated rings. The van der Waals surface area contributed by atoms with Gasteiger partial charge in [0.2, 0.25) is 5.91 Å². The Kier molecular flexibility index (Phi) is 3.10. The molecule has 5 nitrogen and oxygen atoms in total. The molecule has 0 saturated carbocycles. The maximum Gasteiger partial charge on any atom is 0.326 e. The fourth-order valence-corrected chi connectivity index (χ4v) is 1.34. The molecule has 5 heteroatoms. The van der Waals surface area contributed by atoms with Crippen LogP contribution in [0.25, 0.3) is 0 Å². The summed E-state index contributed by atoms with van der Waals surface area (Å²) < 4.78 is 9.54. The van der Waals surface area contributed by atoms with Gasteiger partial charge < -0.3 is 14.4 Å². The second-order valence-corrected chi connectivity index (χ2v) is 3.39. The first-order valence-corrected chi connectivity index (χ1v) is 4.50. The van der Waals surface area contributed by atoms with Gasteiger partial charge in [-0.05, 0) is 6.92 Å². The van der Waals surface area contributed by atoms with Crippen molar-refractivity contribution >= 4 is 11.9 Å². The van der Waals surface area contributed by atoms with E-state index in [1.54, 1.807) is 7.05 Å². The Morgan fingerprint density at radius 1 is 1.50 bits per heavy atom. The van der Waals surface area contributed by atoms with Crippen LogP contribution in [0.3, 0.4) is 0 Å². The van der Waals surface area contributed by atoms with E-state index in [-0.39, 0.29) is 19.1 Å². The molecule has 1 rings (SSSR count). The number of carbonyl (C=O) groups is 2. The molecule has 1 heterocycles. The zero-order valence-electron chi connectivity index (χ0n) is 8.70. The van der Waals surface area contributed by atoms with Gasteiger partial charge in [-0.15, -0.1) is 0 Å². The highest BCUT2D eigenvalue weighted by Gasteiger charge is 2.54. The molecule has 1 saturated heterocycles. The fourth-order valence-electron chi connectivity index (χ4n) is 1.34. The number of esters is 1. The maximum atomic E-state index is 11.8. The monoisotopic (exact) mass is 201 g/mol. The van der Waals surface area contributed by atoms with Crippen molar-refractivity contribution in [1.29, 1.82) is 0 Å². The Morgan fingerprint density at radius 3 is 2.36 bits per heavy atom. The lowest BCUT2D eigenvalue weighted by Gasteiger charge is -2.39. The zero-order valence-corrected chi connectivity index (χ0v) is 8.70. The van der Waals surface area contributed by atoms with Crippen LogP contribution in [0.4, 0.5) is 0 Å². The molecule has 0 aromatic rings. The Hall–Kier alpha value is -1.10. The van der Waals surface area contributed by atoms with E-state index in [9.17, 15) is 9.59 Å². The maximum absolute atomic E-state index is 11.8. The van der Waals surface area contributed by atoms with Crippen LogP contribution in [0.2, 0.25) is 0 Å². The summed E-state index contributed by atoms with van der Waals surface area (Å²) in [6, 6.07) is 0. The van der Waals surface area contributed by atoms with Crippen molar-refractivity contribution in [3.8, 4) is 0 Å². The van der Waals surface area contributed by atoms with Crippen LogP contribution in [0.15, 0.2) is 0 Å². The summed E-state index contributed by atoms with van der Waals surface area (Å²) in [5.41, 5.74) is -1.08. The molecule has 0 atom stereocenters. The summed E-state index contributed by atoms with van der Waals surface area (Å²) in [6.07, 6.45) is 0. The first kappa shape index (κ1) is 11.0. The third kappa shape index (κ3) is 1.48. The highest BCUT2D eigenvalue weighted by Crippen LogP contribution is 2.31. The molecule has 1 aliphatic rings. The minimum Gasteiger partial charge on any atom is -0.468 e.